The summed E-state index contributed by atoms with van der Waals surface area (Å²) in [6.07, 6.45) is 0. The first kappa shape index (κ1) is 9.66. The lowest BCUT2D eigenvalue weighted by atomic mass is 10.4. The van der Waals surface area contributed by atoms with Crippen molar-refractivity contribution in [2.24, 2.45) is 5.73 Å². The summed E-state index contributed by atoms with van der Waals surface area (Å²) in [5.41, 5.74) is 4.80. The maximum Gasteiger partial charge on any atom is 0.256 e. The van der Waals surface area contributed by atoms with Crippen LogP contribution in [0.15, 0.2) is 0 Å². The molecule has 0 aliphatic carbocycles. The lowest BCUT2D eigenvalue weighted by Crippen LogP contribution is -2.40. The molecule has 0 spiro atoms. The quantitative estimate of drug-likeness (QED) is 0.556. The average molecular weight is 165 g/mol. The van der Waals surface area contributed by atoms with E-state index < -0.39 is 18.4 Å². The summed E-state index contributed by atoms with van der Waals surface area (Å²) in [7, 11) is -2.84. The topological polar surface area (TPSA) is 80.4 Å². The number of nitrogens with two attached hydrogens (primary N) is 1. The maximum absolute atomic E-state index is 11.1. The van der Waals surface area contributed by atoms with Crippen molar-refractivity contribution in [1.29, 1.82) is 0 Å². The number of primary amides is 1. The van der Waals surface area contributed by atoms with Gasteiger partial charge in [0.15, 0.2) is 5.34 Å². The van der Waals surface area contributed by atoms with Gasteiger partial charge < -0.3 is 15.4 Å². The van der Waals surface area contributed by atoms with Crippen LogP contribution in [0.3, 0.4) is 0 Å². The van der Waals surface area contributed by atoms with Crippen LogP contribution in [0, 0.1) is 0 Å². The van der Waals surface area contributed by atoms with Crippen LogP contribution in [0.2, 0.25) is 0 Å². The predicted molar refractivity (Wildman–Crippen MR) is 39.3 cm³/mol. The van der Waals surface area contributed by atoms with Gasteiger partial charge in [0.05, 0.1) is 0 Å². The molecule has 4 nitrogen and oxygen atoms in total. The highest BCUT2D eigenvalue weighted by atomic mass is 31.2. The van der Waals surface area contributed by atoms with Crippen LogP contribution in [0.1, 0.15) is 6.92 Å². The summed E-state index contributed by atoms with van der Waals surface area (Å²) in [4.78, 5) is 10.5. The van der Waals surface area contributed by atoms with Gasteiger partial charge >= 0.3 is 0 Å². The Morgan fingerprint density at radius 2 is 1.90 bits per heavy atom. The van der Waals surface area contributed by atoms with Gasteiger partial charge in [-0.05, 0) is 20.3 Å². The van der Waals surface area contributed by atoms with Gasteiger partial charge in [-0.25, -0.2) is 0 Å². The molecule has 1 atom stereocenters. The van der Waals surface area contributed by atoms with Gasteiger partial charge in [-0.2, -0.15) is 0 Å². The van der Waals surface area contributed by atoms with Gasteiger partial charge in [0.25, 0.3) is 5.91 Å². The summed E-state index contributed by atoms with van der Waals surface area (Å²) in [6.45, 7) is 3.80. The first-order valence-electron chi connectivity index (χ1n) is 2.77. The summed E-state index contributed by atoms with van der Waals surface area (Å²) in [5, 5.41) is 7.32. The monoisotopic (exact) mass is 165 g/mol. The number of hydrogen-bond acceptors (Lipinski definition) is 3. The van der Waals surface area contributed by atoms with Gasteiger partial charge in [-0.15, -0.1) is 0 Å². The van der Waals surface area contributed by atoms with E-state index in [0.717, 1.165) is 6.92 Å². The zero-order chi connectivity index (χ0) is 8.58. The van der Waals surface area contributed by atoms with Crippen molar-refractivity contribution in [2.75, 3.05) is 13.3 Å². The second kappa shape index (κ2) is 2.36. The second-order valence-corrected chi connectivity index (χ2v) is 6.31. The Morgan fingerprint density at radius 3 is 1.90 bits per heavy atom. The van der Waals surface area contributed by atoms with Crippen LogP contribution in [-0.2, 0) is 9.36 Å². The zero-order valence-electron chi connectivity index (χ0n) is 6.29. The van der Waals surface area contributed by atoms with Crippen molar-refractivity contribution >= 4 is 13.0 Å². The molecule has 0 fully saturated rings. The molecule has 60 valence electrons. The van der Waals surface area contributed by atoms with Gasteiger partial charge in [0, 0.05) is 0 Å². The van der Waals surface area contributed by atoms with E-state index in [1.54, 1.807) is 0 Å². The van der Waals surface area contributed by atoms with E-state index in [2.05, 4.69) is 0 Å². The first-order valence-corrected chi connectivity index (χ1v) is 5.37. The van der Waals surface area contributed by atoms with Gasteiger partial charge in [0.1, 0.15) is 7.14 Å². The second-order valence-electron chi connectivity index (χ2n) is 2.74. The van der Waals surface area contributed by atoms with E-state index in [4.69, 9.17) is 5.73 Å². The van der Waals surface area contributed by atoms with E-state index in [1.165, 1.54) is 13.3 Å². The van der Waals surface area contributed by atoms with E-state index >= 15 is 0 Å². The Bertz CT molecular complexity index is 193. The molecular formula is C5H12NO3P. The molecule has 0 heterocycles. The molecule has 0 radical (unpaired) electrons. The highest BCUT2D eigenvalue weighted by Gasteiger charge is 2.40. The molecule has 0 saturated heterocycles. The molecular weight excluding hydrogens is 153 g/mol. The molecule has 0 aromatic rings. The molecule has 10 heavy (non-hydrogen) atoms. The lowest BCUT2D eigenvalue weighted by molar-refractivity contribution is -0.127. The summed E-state index contributed by atoms with van der Waals surface area (Å²) < 4.78 is 11.1. The fourth-order valence-corrected chi connectivity index (χ4v) is 0.796. The highest BCUT2D eigenvalue weighted by Crippen LogP contribution is 2.49. The first-order chi connectivity index (χ1) is 4.19. The van der Waals surface area contributed by atoms with Crippen LogP contribution in [-0.4, -0.2) is 29.7 Å². The molecule has 0 bridgehead atoms. The zero-order valence-corrected chi connectivity index (χ0v) is 7.18. The van der Waals surface area contributed by atoms with Gasteiger partial charge in [-0.3, -0.25) is 4.79 Å². The maximum atomic E-state index is 11.1. The molecule has 0 rings (SSSR count). The molecule has 1 unspecified atom stereocenters. The minimum Gasteiger partial charge on any atom is -0.373 e. The Morgan fingerprint density at radius 1 is 1.60 bits per heavy atom. The Kier molecular flexibility index (Phi) is 2.28. The largest absolute Gasteiger partial charge is 0.373 e. The van der Waals surface area contributed by atoms with Gasteiger partial charge in [0.2, 0.25) is 0 Å². The third kappa shape index (κ3) is 1.58. The number of rotatable bonds is 2. The van der Waals surface area contributed by atoms with E-state index in [1.807, 2.05) is 0 Å². The third-order valence-corrected chi connectivity index (χ3v) is 3.83. The van der Waals surface area contributed by atoms with Crippen LogP contribution in [0.5, 0.6) is 0 Å². The number of amides is 1. The molecule has 5 heteroatoms. The Balaban J connectivity index is 4.75. The molecule has 0 aliphatic rings. The minimum absolute atomic E-state index is 0.944. The van der Waals surface area contributed by atoms with Crippen LogP contribution >= 0.6 is 7.14 Å². The summed E-state index contributed by atoms with van der Waals surface area (Å²) >= 11 is 0. The fraction of sp³-hybridized carbons (Fsp3) is 0.800. The fourth-order valence-electron chi connectivity index (χ4n) is 0.265. The number of hydrogen-bond donors (Lipinski definition) is 2. The third-order valence-electron chi connectivity index (χ3n) is 1.52. The molecule has 3 N–H and O–H groups in total. The smallest absolute Gasteiger partial charge is 0.256 e. The van der Waals surface area contributed by atoms with Crippen molar-refractivity contribution in [3.63, 3.8) is 0 Å². The van der Waals surface area contributed by atoms with Crippen molar-refractivity contribution in [3.05, 3.63) is 0 Å². The Hall–Kier alpha value is -0.340. The predicted octanol–water partition coefficient (Wildman–Crippen LogP) is -0.197. The van der Waals surface area contributed by atoms with Crippen molar-refractivity contribution < 1.29 is 14.5 Å². The van der Waals surface area contributed by atoms with Crippen molar-refractivity contribution in [3.8, 4) is 0 Å². The standard InChI is InChI=1S/C5H12NO3P/c1-5(8,4(6)7)10(2,3)9/h8H,1-3H3,(H2,6,7). The SMILES string of the molecule is CC(O)(C(N)=O)P(C)(C)=O. The number of carbonyl (C=O) groups is 1. The summed E-state index contributed by atoms with van der Waals surface area (Å²) in [6, 6.07) is 0. The van der Waals surface area contributed by atoms with E-state index in [9.17, 15) is 14.5 Å². The summed E-state index contributed by atoms with van der Waals surface area (Å²) in [5.74, 6) is -0.944. The lowest BCUT2D eigenvalue weighted by Gasteiger charge is -2.23. The van der Waals surface area contributed by atoms with Crippen LogP contribution in [0.25, 0.3) is 0 Å². The van der Waals surface area contributed by atoms with Crippen molar-refractivity contribution in [1.82, 2.24) is 0 Å². The van der Waals surface area contributed by atoms with Crippen LogP contribution < -0.4 is 5.73 Å². The average Bonchev–Trinajstić information content (AvgIpc) is 1.62. The molecule has 0 aliphatic heterocycles. The Labute approximate surface area is 59.8 Å². The number of aliphatic hydroxyl groups is 1. The van der Waals surface area contributed by atoms with E-state index in [-0.39, 0.29) is 0 Å². The van der Waals surface area contributed by atoms with Crippen molar-refractivity contribution in [2.45, 2.75) is 12.3 Å². The normalized spacial score (nSPS) is 18.0. The molecule has 0 aromatic heterocycles. The van der Waals surface area contributed by atoms with Crippen LogP contribution in [0.4, 0.5) is 0 Å². The molecule has 0 saturated carbocycles. The molecule has 0 aromatic carbocycles. The van der Waals surface area contributed by atoms with Gasteiger partial charge in [-0.1, -0.05) is 0 Å². The molecule has 1 amide bonds. The highest BCUT2D eigenvalue weighted by molar-refractivity contribution is 7.64. The van der Waals surface area contributed by atoms with E-state index in [0.29, 0.717) is 0 Å². The minimum atomic E-state index is -2.84. The number of carbonyl (C=O) groups excluding carboxylic acids is 1.